The number of benzene rings is 1. The van der Waals surface area contributed by atoms with Gasteiger partial charge in [0.1, 0.15) is 6.17 Å². The first-order chi connectivity index (χ1) is 11.6. The van der Waals surface area contributed by atoms with Gasteiger partial charge >= 0.3 is 6.18 Å². The first kappa shape index (κ1) is 17.9. The summed E-state index contributed by atoms with van der Waals surface area (Å²) in [4.78, 5) is 14.3. The Morgan fingerprint density at radius 3 is 2.40 bits per heavy atom. The summed E-state index contributed by atoms with van der Waals surface area (Å²) in [7, 11) is 1.49. The van der Waals surface area contributed by atoms with Crippen LogP contribution in [0, 0.1) is 0 Å². The summed E-state index contributed by atoms with van der Waals surface area (Å²) in [5.41, 5.74) is -0.761. The molecule has 1 aliphatic rings. The molecule has 25 heavy (non-hydrogen) atoms. The van der Waals surface area contributed by atoms with Crippen LogP contribution in [0.2, 0.25) is 0 Å². The van der Waals surface area contributed by atoms with Crippen LogP contribution in [0.15, 0.2) is 23.0 Å². The minimum absolute atomic E-state index is 0.0214. The van der Waals surface area contributed by atoms with Gasteiger partial charge in [-0.05, 0) is 23.6 Å². The van der Waals surface area contributed by atoms with Crippen molar-refractivity contribution in [3.05, 3.63) is 45.2 Å². The van der Waals surface area contributed by atoms with Crippen LogP contribution in [0.1, 0.15) is 36.5 Å². The molecule has 0 radical (unpaired) electrons. The van der Waals surface area contributed by atoms with Gasteiger partial charge in [0.15, 0.2) is 0 Å². The molecular weight excluding hydrogens is 336 g/mol. The van der Waals surface area contributed by atoms with E-state index in [4.69, 9.17) is 0 Å². The molecule has 0 saturated carbocycles. The molecule has 7 heteroatoms. The number of rotatable bonds is 3. The van der Waals surface area contributed by atoms with E-state index in [0.717, 1.165) is 0 Å². The highest BCUT2D eigenvalue weighted by atomic mass is 19.4. The number of alkyl halides is 4. The lowest BCUT2D eigenvalue weighted by Crippen LogP contribution is -2.47. The summed E-state index contributed by atoms with van der Waals surface area (Å²) in [6.45, 7) is 4.17. The van der Waals surface area contributed by atoms with Crippen LogP contribution in [0.4, 0.5) is 17.6 Å². The Balaban J connectivity index is 2.22. The highest BCUT2D eigenvalue weighted by Gasteiger charge is 2.38. The Hall–Kier alpha value is -1.89. The molecule has 1 fully saturated rings. The minimum atomic E-state index is -4.62. The van der Waals surface area contributed by atoms with Gasteiger partial charge in [0, 0.05) is 37.6 Å². The molecule has 0 spiro atoms. The Bertz CT molecular complexity index is 864. The lowest BCUT2D eigenvalue weighted by atomic mass is 9.93. The molecule has 0 N–H and O–H groups in total. The number of aromatic nitrogens is 1. The standard InChI is InChI=1S/C18H20F4N2O/c1-10(2)15-16(18(20,21)22)13-6-11(7-24-8-12(19)9-24)4-5-14(13)23(3)17(15)25/h4-6,10,12H,7-9H2,1-3H3. The molecule has 136 valence electrons. The Labute approximate surface area is 142 Å². The van der Waals surface area contributed by atoms with Crippen LogP contribution >= 0.6 is 0 Å². The molecule has 3 rings (SSSR count). The number of halogens is 4. The summed E-state index contributed by atoms with van der Waals surface area (Å²) in [6, 6.07) is 4.72. The third-order valence-electron chi connectivity index (χ3n) is 4.68. The smallest absolute Gasteiger partial charge is 0.311 e. The molecular formula is C18H20F4N2O. The number of hydrogen-bond acceptors (Lipinski definition) is 2. The fourth-order valence-electron chi connectivity index (χ4n) is 3.45. The Kier molecular flexibility index (Phi) is 4.39. The number of aryl methyl sites for hydroxylation is 1. The van der Waals surface area contributed by atoms with E-state index in [0.29, 0.717) is 25.2 Å². The van der Waals surface area contributed by atoms with Crippen molar-refractivity contribution in [1.29, 1.82) is 0 Å². The number of pyridine rings is 1. The van der Waals surface area contributed by atoms with Crippen LogP contribution in [-0.2, 0) is 19.8 Å². The fourth-order valence-corrected chi connectivity index (χ4v) is 3.45. The lowest BCUT2D eigenvalue weighted by molar-refractivity contribution is -0.137. The number of fused-ring (bicyclic) bond motifs is 1. The van der Waals surface area contributed by atoms with Crippen LogP contribution in [0.25, 0.3) is 10.9 Å². The maximum atomic E-state index is 13.8. The number of nitrogens with zero attached hydrogens (tertiary/aromatic N) is 2. The second kappa shape index (κ2) is 6.12. The van der Waals surface area contributed by atoms with Crippen molar-refractivity contribution >= 4 is 10.9 Å². The van der Waals surface area contributed by atoms with E-state index in [9.17, 15) is 22.4 Å². The van der Waals surface area contributed by atoms with Gasteiger partial charge in [0.25, 0.3) is 5.56 Å². The zero-order valence-electron chi connectivity index (χ0n) is 14.3. The molecule has 1 aromatic carbocycles. The van der Waals surface area contributed by atoms with Gasteiger partial charge in [-0.1, -0.05) is 19.9 Å². The SMILES string of the molecule is CC(C)c1c(C(F)(F)F)c2cc(CN3CC(F)C3)ccc2n(C)c1=O. The first-order valence-corrected chi connectivity index (χ1v) is 8.18. The van der Waals surface area contributed by atoms with Crippen LogP contribution in [0.5, 0.6) is 0 Å². The van der Waals surface area contributed by atoms with E-state index < -0.39 is 29.4 Å². The zero-order chi connectivity index (χ0) is 18.5. The van der Waals surface area contributed by atoms with E-state index >= 15 is 0 Å². The van der Waals surface area contributed by atoms with Crippen LogP contribution in [-0.4, -0.2) is 28.7 Å². The number of hydrogen-bond donors (Lipinski definition) is 0. The highest BCUT2D eigenvalue weighted by molar-refractivity contribution is 5.85. The molecule has 0 aliphatic carbocycles. The predicted molar refractivity (Wildman–Crippen MR) is 88.5 cm³/mol. The third-order valence-corrected chi connectivity index (χ3v) is 4.68. The normalized spacial score (nSPS) is 16.6. The van der Waals surface area contributed by atoms with Gasteiger partial charge in [-0.3, -0.25) is 9.69 Å². The van der Waals surface area contributed by atoms with Gasteiger partial charge in [0.2, 0.25) is 0 Å². The third kappa shape index (κ3) is 3.17. The van der Waals surface area contributed by atoms with E-state index in [-0.39, 0.29) is 16.5 Å². The number of likely N-dealkylation sites (tertiary alicyclic amines) is 1. The van der Waals surface area contributed by atoms with Gasteiger partial charge in [0.05, 0.1) is 11.1 Å². The maximum absolute atomic E-state index is 13.8. The topological polar surface area (TPSA) is 25.2 Å². The van der Waals surface area contributed by atoms with Crippen molar-refractivity contribution in [2.75, 3.05) is 13.1 Å². The van der Waals surface area contributed by atoms with E-state index in [1.807, 2.05) is 4.90 Å². The fraction of sp³-hybridized carbons (Fsp3) is 0.500. The molecule has 0 atom stereocenters. The summed E-state index contributed by atoms with van der Waals surface area (Å²) in [6.07, 6.45) is -5.48. The molecule has 0 bridgehead atoms. The molecule has 2 heterocycles. The first-order valence-electron chi connectivity index (χ1n) is 8.18. The minimum Gasteiger partial charge on any atom is -0.311 e. The monoisotopic (exact) mass is 356 g/mol. The molecule has 1 aromatic heterocycles. The van der Waals surface area contributed by atoms with Gasteiger partial charge in [-0.15, -0.1) is 0 Å². The summed E-state index contributed by atoms with van der Waals surface area (Å²) in [5.74, 6) is -0.550. The largest absolute Gasteiger partial charge is 0.417 e. The van der Waals surface area contributed by atoms with Crippen LogP contribution < -0.4 is 5.56 Å². The average molecular weight is 356 g/mol. The van der Waals surface area contributed by atoms with E-state index in [1.54, 1.807) is 19.9 Å². The van der Waals surface area contributed by atoms with Crippen molar-refractivity contribution < 1.29 is 17.6 Å². The second-order valence-corrected chi connectivity index (χ2v) is 6.95. The molecule has 0 amide bonds. The van der Waals surface area contributed by atoms with Gasteiger partial charge < -0.3 is 4.57 Å². The zero-order valence-corrected chi connectivity index (χ0v) is 14.3. The Morgan fingerprint density at radius 1 is 1.24 bits per heavy atom. The van der Waals surface area contributed by atoms with Crippen molar-refractivity contribution in [2.45, 2.75) is 38.7 Å². The Morgan fingerprint density at radius 2 is 1.88 bits per heavy atom. The quantitative estimate of drug-likeness (QED) is 0.781. The highest BCUT2D eigenvalue weighted by Crippen LogP contribution is 2.38. The molecule has 0 unspecified atom stereocenters. The molecule has 1 aliphatic heterocycles. The molecule has 3 nitrogen and oxygen atoms in total. The van der Waals surface area contributed by atoms with Crippen molar-refractivity contribution in [3.63, 3.8) is 0 Å². The second-order valence-electron chi connectivity index (χ2n) is 6.95. The average Bonchev–Trinajstić information content (AvgIpc) is 2.47. The van der Waals surface area contributed by atoms with Crippen molar-refractivity contribution in [1.82, 2.24) is 9.47 Å². The van der Waals surface area contributed by atoms with E-state index in [1.165, 1.54) is 23.7 Å². The van der Waals surface area contributed by atoms with Crippen molar-refractivity contribution in [3.8, 4) is 0 Å². The van der Waals surface area contributed by atoms with Crippen LogP contribution in [0.3, 0.4) is 0 Å². The van der Waals surface area contributed by atoms with Gasteiger partial charge in [-0.2, -0.15) is 13.2 Å². The molecule has 1 saturated heterocycles. The maximum Gasteiger partial charge on any atom is 0.417 e. The van der Waals surface area contributed by atoms with Gasteiger partial charge in [-0.25, -0.2) is 4.39 Å². The summed E-state index contributed by atoms with van der Waals surface area (Å²) < 4.78 is 55.5. The summed E-state index contributed by atoms with van der Waals surface area (Å²) in [5, 5.41) is 0.0214. The van der Waals surface area contributed by atoms with E-state index in [2.05, 4.69) is 0 Å². The predicted octanol–water partition coefficient (Wildman–Crippen LogP) is 3.83. The van der Waals surface area contributed by atoms with Crippen molar-refractivity contribution in [2.24, 2.45) is 7.05 Å². The lowest BCUT2D eigenvalue weighted by Gasteiger charge is -2.34. The summed E-state index contributed by atoms with van der Waals surface area (Å²) >= 11 is 0. The molecule has 2 aromatic rings.